The Kier molecular flexibility index (Phi) is 3.61. The van der Waals surface area contributed by atoms with E-state index in [9.17, 15) is 4.79 Å². The molecule has 1 aromatic carbocycles. The van der Waals surface area contributed by atoms with Crippen LogP contribution in [-0.4, -0.2) is 25.8 Å². The minimum Gasteiger partial charge on any atom is -0.477 e. The van der Waals surface area contributed by atoms with Gasteiger partial charge < -0.3 is 5.11 Å². The third-order valence-electron chi connectivity index (χ3n) is 2.79. The molecule has 2 aromatic heterocycles. The summed E-state index contributed by atoms with van der Waals surface area (Å²) in [6, 6.07) is 9.74. The first-order valence-corrected chi connectivity index (χ1v) is 7.01. The minimum absolute atomic E-state index is 0.236. The lowest BCUT2D eigenvalue weighted by Crippen LogP contribution is -1.93. The van der Waals surface area contributed by atoms with Crippen LogP contribution < -0.4 is 0 Å². The van der Waals surface area contributed by atoms with Gasteiger partial charge in [-0.25, -0.2) is 14.5 Å². The van der Waals surface area contributed by atoms with Crippen LogP contribution in [0.5, 0.6) is 0 Å². The topological polar surface area (TPSA) is 68.0 Å². The van der Waals surface area contributed by atoms with Crippen molar-refractivity contribution in [1.82, 2.24) is 14.8 Å². The summed E-state index contributed by atoms with van der Waals surface area (Å²) in [7, 11) is 0. The fourth-order valence-corrected chi connectivity index (χ4v) is 2.48. The van der Waals surface area contributed by atoms with Crippen molar-refractivity contribution in [2.45, 2.75) is 0 Å². The molecular formula is C15H11N3O2S. The number of carboxylic acids is 1. The second-order valence-corrected chi connectivity index (χ2v) is 5.31. The van der Waals surface area contributed by atoms with Crippen LogP contribution in [0.4, 0.5) is 0 Å². The molecule has 0 aliphatic carbocycles. The fraction of sp³-hybridized carbons (Fsp3) is 0. The van der Waals surface area contributed by atoms with Gasteiger partial charge in [0.15, 0.2) is 0 Å². The standard InChI is InChI=1S/C15H11N3O2S/c19-15(20)13-10-16-14(21-13)6-5-11-3-1-4-12(9-11)18-8-2-7-17-18/h1-10H,(H,19,20)/b6-5+. The van der Waals surface area contributed by atoms with Crippen LogP contribution in [0.25, 0.3) is 17.8 Å². The molecule has 3 aromatic rings. The Balaban J connectivity index is 1.82. The SMILES string of the molecule is O=C(O)c1cnc(/C=C/c2cccc(-n3cccn3)c2)s1. The molecule has 6 heteroatoms. The molecule has 0 atom stereocenters. The molecule has 0 saturated carbocycles. The Bertz CT molecular complexity index is 791. The number of aromatic nitrogens is 3. The second-order valence-electron chi connectivity index (χ2n) is 4.25. The average Bonchev–Trinajstić information content (AvgIpc) is 3.17. The van der Waals surface area contributed by atoms with Crippen molar-refractivity contribution in [2.75, 3.05) is 0 Å². The van der Waals surface area contributed by atoms with Gasteiger partial charge in [0.2, 0.25) is 0 Å². The first kappa shape index (κ1) is 13.3. The first-order chi connectivity index (χ1) is 10.2. The number of nitrogens with zero attached hydrogens (tertiary/aromatic N) is 3. The van der Waals surface area contributed by atoms with E-state index in [1.54, 1.807) is 17.0 Å². The van der Waals surface area contributed by atoms with Crippen molar-refractivity contribution in [3.05, 3.63) is 64.4 Å². The van der Waals surface area contributed by atoms with E-state index in [-0.39, 0.29) is 4.88 Å². The molecule has 0 aliphatic rings. The highest BCUT2D eigenvalue weighted by atomic mass is 32.1. The van der Waals surface area contributed by atoms with E-state index in [1.807, 2.05) is 42.6 Å². The van der Waals surface area contributed by atoms with Crippen molar-refractivity contribution in [3.8, 4) is 5.69 Å². The van der Waals surface area contributed by atoms with Crippen LogP contribution >= 0.6 is 11.3 Å². The van der Waals surface area contributed by atoms with E-state index in [0.717, 1.165) is 22.6 Å². The normalized spacial score (nSPS) is 11.0. The number of aromatic carboxylic acids is 1. The number of benzene rings is 1. The number of rotatable bonds is 4. The summed E-state index contributed by atoms with van der Waals surface area (Å²) < 4.78 is 1.78. The molecule has 5 nitrogen and oxygen atoms in total. The van der Waals surface area contributed by atoms with Gasteiger partial charge in [0.1, 0.15) is 9.88 Å². The third-order valence-corrected chi connectivity index (χ3v) is 3.74. The monoisotopic (exact) mass is 297 g/mol. The summed E-state index contributed by atoms with van der Waals surface area (Å²) in [5.74, 6) is -0.951. The van der Waals surface area contributed by atoms with Gasteiger partial charge in [-0.05, 0) is 29.8 Å². The average molecular weight is 297 g/mol. The number of hydrogen-bond donors (Lipinski definition) is 1. The molecule has 0 unspecified atom stereocenters. The summed E-state index contributed by atoms with van der Waals surface area (Å²) in [4.78, 5) is 15.1. The lowest BCUT2D eigenvalue weighted by molar-refractivity contribution is 0.0702. The van der Waals surface area contributed by atoms with Crippen LogP contribution in [-0.2, 0) is 0 Å². The Hall–Kier alpha value is -2.73. The van der Waals surface area contributed by atoms with Gasteiger partial charge in [-0.3, -0.25) is 0 Å². The summed E-state index contributed by atoms with van der Waals surface area (Å²) in [6.07, 6.45) is 8.68. The van der Waals surface area contributed by atoms with Crippen molar-refractivity contribution >= 4 is 29.5 Å². The fourth-order valence-electron chi connectivity index (χ4n) is 1.82. The number of hydrogen-bond acceptors (Lipinski definition) is 4. The molecule has 0 radical (unpaired) electrons. The molecule has 3 rings (SSSR count). The van der Waals surface area contributed by atoms with E-state index in [1.165, 1.54) is 6.20 Å². The van der Waals surface area contributed by atoms with E-state index in [4.69, 9.17) is 5.11 Å². The van der Waals surface area contributed by atoms with Crippen LogP contribution in [0, 0.1) is 0 Å². The third kappa shape index (κ3) is 3.06. The predicted molar refractivity (Wildman–Crippen MR) is 81.6 cm³/mol. The quantitative estimate of drug-likeness (QED) is 0.803. The largest absolute Gasteiger partial charge is 0.477 e. The van der Waals surface area contributed by atoms with Crippen LogP contribution in [0.3, 0.4) is 0 Å². The lowest BCUT2D eigenvalue weighted by atomic mass is 10.2. The van der Waals surface area contributed by atoms with Gasteiger partial charge in [-0.15, -0.1) is 11.3 Å². The van der Waals surface area contributed by atoms with E-state index < -0.39 is 5.97 Å². The van der Waals surface area contributed by atoms with Gasteiger partial charge >= 0.3 is 5.97 Å². The molecule has 104 valence electrons. The van der Waals surface area contributed by atoms with Gasteiger partial charge in [0, 0.05) is 12.4 Å². The van der Waals surface area contributed by atoms with E-state index >= 15 is 0 Å². The first-order valence-electron chi connectivity index (χ1n) is 6.20. The highest BCUT2D eigenvalue weighted by Gasteiger charge is 2.06. The molecular weight excluding hydrogens is 286 g/mol. The van der Waals surface area contributed by atoms with Crippen LogP contribution in [0.1, 0.15) is 20.2 Å². The zero-order valence-corrected chi connectivity index (χ0v) is 11.7. The maximum Gasteiger partial charge on any atom is 0.347 e. The van der Waals surface area contributed by atoms with Crippen molar-refractivity contribution in [2.24, 2.45) is 0 Å². The molecule has 0 amide bonds. The van der Waals surface area contributed by atoms with Gasteiger partial charge in [-0.2, -0.15) is 5.10 Å². The summed E-state index contributed by atoms with van der Waals surface area (Å²) in [5.41, 5.74) is 1.96. The van der Waals surface area contributed by atoms with E-state index in [2.05, 4.69) is 10.1 Å². The molecule has 0 saturated heterocycles. The minimum atomic E-state index is -0.951. The molecule has 0 bridgehead atoms. The molecule has 0 aliphatic heterocycles. The number of thiazole rings is 1. The van der Waals surface area contributed by atoms with Crippen LogP contribution in [0.15, 0.2) is 48.9 Å². The Labute approximate surface area is 124 Å². The maximum atomic E-state index is 10.8. The van der Waals surface area contributed by atoms with Crippen LogP contribution in [0.2, 0.25) is 0 Å². The van der Waals surface area contributed by atoms with Gasteiger partial charge in [-0.1, -0.05) is 18.2 Å². The Morgan fingerprint density at radius 2 is 2.19 bits per heavy atom. The lowest BCUT2D eigenvalue weighted by Gasteiger charge is -2.01. The zero-order chi connectivity index (χ0) is 14.7. The summed E-state index contributed by atoms with van der Waals surface area (Å²) >= 11 is 1.15. The smallest absolute Gasteiger partial charge is 0.347 e. The maximum absolute atomic E-state index is 10.8. The summed E-state index contributed by atoms with van der Waals surface area (Å²) in [6.45, 7) is 0. The van der Waals surface area contributed by atoms with Crippen molar-refractivity contribution < 1.29 is 9.90 Å². The highest BCUT2D eigenvalue weighted by molar-refractivity contribution is 7.14. The molecule has 2 heterocycles. The zero-order valence-electron chi connectivity index (χ0n) is 10.9. The number of carbonyl (C=O) groups is 1. The number of carboxylic acid groups (broad SMARTS) is 1. The Morgan fingerprint density at radius 3 is 2.90 bits per heavy atom. The Morgan fingerprint density at radius 1 is 1.29 bits per heavy atom. The van der Waals surface area contributed by atoms with Gasteiger partial charge in [0.05, 0.1) is 11.9 Å². The summed E-state index contributed by atoms with van der Waals surface area (Å²) in [5, 5.41) is 13.7. The molecule has 21 heavy (non-hydrogen) atoms. The van der Waals surface area contributed by atoms with Gasteiger partial charge in [0.25, 0.3) is 0 Å². The van der Waals surface area contributed by atoms with Crippen molar-refractivity contribution in [1.29, 1.82) is 0 Å². The molecule has 0 spiro atoms. The highest BCUT2D eigenvalue weighted by Crippen LogP contribution is 2.17. The van der Waals surface area contributed by atoms with Crippen molar-refractivity contribution in [3.63, 3.8) is 0 Å². The second kappa shape index (κ2) is 5.72. The molecule has 1 N–H and O–H groups in total. The molecule has 0 fully saturated rings. The van der Waals surface area contributed by atoms with E-state index in [0.29, 0.717) is 5.01 Å². The predicted octanol–water partition coefficient (Wildman–Crippen LogP) is 3.20.